The normalized spacial score (nSPS) is 25.9. The maximum atomic E-state index is 12.5. The molecular weight excluding hydrogens is 356 g/mol. The van der Waals surface area contributed by atoms with Crippen molar-refractivity contribution in [2.24, 2.45) is 4.99 Å². The number of aliphatic imine (C=N–C) groups is 1. The standard InChI is InChI=1S/C18H16N2O3S2/c21-17(13-7-3-1-4-8-13)19-18-20(14-9-5-2-6-10-14)15-11-25(22,23)12-16(15)24-18/h1-10,15-16H,11-12H2/t15-,16-/m1/s1. The molecule has 2 saturated heterocycles. The van der Waals surface area contributed by atoms with Crippen LogP contribution in [0.15, 0.2) is 65.7 Å². The molecule has 0 unspecified atom stereocenters. The Morgan fingerprint density at radius 2 is 1.64 bits per heavy atom. The van der Waals surface area contributed by atoms with Crippen LogP contribution in [-0.4, -0.2) is 42.3 Å². The molecule has 2 aromatic carbocycles. The zero-order chi connectivity index (χ0) is 17.4. The van der Waals surface area contributed by atoms with Gasteiger partial charge in [-0.3, -0.25) is 4.79 Å². The highest BCUT2D eigenvalue weighted by atomic mass is 32.2. The molecule has 7 heteroatoms. The summed E-state index contributed by atoms with van der Waals surface area (Å²) in [4.78, 5) is 18.7. The molecule has 2 heterocycles. The molecular formula is C18H16N2O3S2. The number of para-hydroxylation sites is 1. The van der Waals surface area contributed by atoms with Crippen LogP contribution in [-0.2, 0) is 9.84 Å². The number of carbonyl (C=O) groups is 1. The first kappa shape index (κ1) is 16.4. The number of rotatable bonds is 2. The van der Waals surface area contributed by atoms with Gasteiger partial charge in [0.2, 0.25) is 0 Å². The molecule has 0 N–H and O–H groups in total. The van der Waals surface area contributed by atoms with Crippen LogP contribution in [0.4, 0.5) is 5.69 Å². The van der Waals surface area contributed by atoms with E-state index in [1.54, 1.807) is 24.3 Å². The Bertz CT molecular complexity index is 927. The van der Waals surface area contributed by atoms with E-state index in [1.807, 2.05) is 41.3 Å². The van der Waals surface area contributed by atoms with Crippen LogP contribution in [0.1, 0.15) is 10.4 Å². The van der Waals surface area contributed by atoms with Crippen molar-refractivity contribution < 1.29 is 13.2 Å². The van der Waals surface area contributed by atoms with Gasteiger partial charge in [0, 0.05) is 16.5 Å². The summed E-state index contributed by atoms with van der Waals surface area (Å²) in [6.45, 7) is 0. The van der Waals surface area contributed by atoms with Crippen molar-refractivity contribution in [3.8, 4) is 0 Å². The minimum absolute atomic E-state index is 0.0903. The van der Waals surface area contributed by atoms with Gasteiger partial charge in [-0.05, 0) is 24.3 Å². The monoisotopic (exact) mass is 372 g/mol. The minimum atomic E-state index is -3.05. The lowest BCUT2D eigenvalue weighted by molar-refractivity contribution is 0.100. The summed E-state index contributed by atoms with van der Waals surface area (Å²) >= 11 is 1.39. The molecule has 128 valence electrons. The molecule has 0 spiro atoms. The molecule has 0 aromatic heterocycles. The number of amidine groups is 1. The summed E-state index contributed by atoms with van der Waals surface area (Å²) in [6.07, 6.45) is 0. The lowest BCUT2D eigenvalue weighted by Gasteiger charge is -2.24. The van der Waals surface area contributed by atoms with Gasteiger partial charge in [-0.25, -0.2) is 8.42 Å². The van der Waals surface area contributed by atoms with E-state index >= 15 is 0 Å². The number of hydrogen-bond acceptors (Lipinski definition) is 4. The van der Waals surface area contributed by atoms with Crippen LogP contribution in [0.25, 0.3) is 0 Å². The van der Waals surface area contributed by atoms with Gasteiger partial charge >= 0.3 is 0 Å². The Morgan fingerprint density at radius 3 is 2.32 bits per heavy atom. The van der Waals surface area contributed by atoms with Crippen molar-refractivity contribution in [2.75, 3.05) is 16.4 Å². The predicted octanol–water partition coefficient (Wildman–Crippen LogP) is 2.60. The topological polar surface area (TPSA) is 66.8 Å². The molecule has 2 aromatic rings. The number of nitrogens with zero attached hydrogens (tertiary/aromatic N) is 2. The summed E-state index contributed by atoms with van der Waals surface area (Å²) in [5.74, 6) is -0.0886. The highest BCUT2D eigenvalue weighted by molar-refractivity contribution is 8.16. The predicted molar refractivity (Wildman–Crippen MR) is 101 cm³/mol. The summed E-state index contributed by atoms with van der Waals surface area (Å²) in [5, 5.41) is 0.484. The summed E-state index contributed by atoms with van der Waals surface area (Å²) < 4.78 is 24.0. The Balaban J connectivity index is 1.72. The van der Waals surface area contributed by atoms with Gasteiger partial charge in [0.15, 0.2) is 15.0 Å². The third kappa shape index (κ3) is 3.21. The van der Waals surface area contributed by atoms with Gasteiger partial charge in [0.25, 0.3) is 5.91 Å². The number of sulfone groups is 1. The molecule has 1 amide bonds. The average Bonchev–Trinajstić information content (AvgIpc) is 3.07. The van der Waals surface area contributed by atoms with Crippen LogP contribution in [0.3, 0.4) is 0 Å². The summed E-state index contributed by atoms with van der Waals surface area (Å²) in [7, 11) is -3.05. The zero-order valence-electron chi connectivity index (χ0n) is 13.3. The Morgan fingerprint density at radius 1 is 1.00 bits per heavy atom. The number of fused-ring (bicyclic) bond motifs is 1. The van der Waals surface area contributed by atoms with Crippen LogP contribution >= 0.6 is 11.8 Å². The number of benzene rings is 2. The molecule has 5 nitrogen and oxygen atoms in total. The second-order valence-electron chi connectivity index (χ2n) is 6.07. The number of amides is 1. The maximum Gasteiger partial charge on any atom is 0.279 e. The first-order valence-electron chi connectivity index (χ1n) is 7.93. The van der Waals surface area contributed by atoms with Gasteiger partial charge in [-0.1, -0.05) is 48.2 Å². The van der Waals surface area contributed by atoms with E-state index in [9.17, 15) is 13.2 Å². The first-order valence-corrected chi connectivity index (χ1v) is 10.6. The highest BCUT2D eigenvalue weighted by Crippen LogP contribution is 2.40. The van der Waals surface area contributed by atoms with Crippen molar-refractivity contribution in [3.05, 3.63) is 66.2 Å². The summed E-state index contributed by atoms with van der Waals surface area (Å²) in [6, 6.07) is 18.2. The number of thioether (sulfide) groups is 1. The minimum Gasteiger partial charge on any atom is -0.316 e. The lowest BCUT2D eigenvalue weighted by atomic mass is 10.2. The molecule has 2 fully saturated rings. The number of hydrogen-bond donors (Lipinski definition) is 0. The fourth-order valence-corrected chi connectivity index (χ4v) is 7.10. The zero-order valence-corrected chi connectivity index (χ0v) is 14.9. The van der Waals surface area contributed by atoms with Crippen molar-refractivity contribution in [1.29, 1.82) is 0 Å². The molecule has 0 bridgehead atoms. The fraction of sp³-hybridized carbons (Fsp3) is 0.222. The van der Waals surface area contributed by atoms with Gasteiger partial charge in [-0.2, -0.15) is 4.99 Å². The lowest BCUT2D eigenvalue weighted by Crippen LogP contribution is -2.37. The van der Waals surface area contributed by atoms with E-state index in [0.29, 0.717) is 10.7 Å². The first-order chi connectivity index (χ1) is 12.0. The van der Waals surface area contributed by atoms with Crippen molar-refractivity contribution >= 4 is 38.4 Å². The van der Waals surface area contributed by atoms with E-state index in [4.69, 9.17) is 0 Å². The van der Waals surface area contributed by atoms with Crippen LogP contribution in [0.5, 0.6) is 0 Å². The van der Waals surface area contributed by atoms with E-state index in [2.05, 4.69) is 4.99 Å². The third-order valence-corrected chi connectivity index (χ3v) is 7.53. The average molecular weight is 372 g/mol. The third-order valence-electron chi connectivity index (χ3n) is 4.32. The quantitative estimate of drug-likeness (QED) is 0.811. The van der Waals surface area contributed by atoms with Gasteiger partial charge in [-0.15, -0.1) is 0 Å². The fourth-order valence-electron chi connectivity index (χ4n) is 3.19. The van der Waals surface area contributed by atoms with Crippen molar-refractivity contribution in [3.63, 3.8) is 0 Å². The highest BCUT2D eigenvalue weighted by Gasteiger charge is 2.49. The van der Waals surface area contributed by atoms with Gasteiger partial charge in [0.1, 0.15) is 0 Å². The van der Waals surface area contributed by atoms with E-state index in [1.165, 1.54) is 11.8 Å². The Hall–Kier alpha value is -2.12. The van der Waals surface area contributed by atoms with Gasteiger partial charge in [0.05, 0.1) is 17.5 Å². The molecule has 0 aliphatic carbocycles. The number of carbonyl (C=O) groups excluding carboxylic acids is 1. The van der Waals surface area contributed by atoms with E-state index in [0.717, 1.165) is 5.69 Å². The molecule has 2 atom stereocenters. The molecule has 25 heavy (non-hydrogen) atoms. The van der Waals surface area contributed by atoms with Crippen LogP contribution in [0.2, 0.25) is 0 Å². The van der Waals surface area contributed by atoms with E-state index in [-0.39, 0.29) is 28.7 Å². The van der Waals surface area contributed by atoms with Crippen LogP contribution < -0.4 is 4.90 Å². The molecule has 4 rings (SSSR count). The van der Waals surface area contributed by atoms with Crippen molar-refractivity contribution in [1.82, 2.24) is 0 Å². The molecule has 0 radical (unpaired) electrons. The van der Waals surface area contributed by atoms with Gasteiger partial charge < -0.3 is 4.90 Å². The smallest absolute Gasteiger partial charge is 0.279 e. The second kappa shape index (κ2) is 6.31. The second-order valence-corrected chi connectivity index (χ2v) is 9.43. The van der Waals surface area contributed by atoms with Crippen molar-refractivity contribution in [2.45, 2.75) is 11.3 Å². The SMILES string of the molecule is O=C(N=C1S[C@@H]2CS(=O)(=O)C[C@H]2N1c1ccccc1)c1ccccc1. The number of anilines is 1. The Labute approximate surface area is 150 Å². The largest absolute Gasteiger partial charge is 0.316 e. The maximum absolute atomic E-state index is 12.5. The Kier molecular flexibility index (Phi) is 4.13. The molecule has 0 saturated carbocycles. The van der Waals surface area contributed by atoms with E-state index < -0.39 is 9.84 Å². The van der Waals surface area contributed by atoms with Crippen LogP contribution in [0, 0.1) is 0 Å². The molecule has 2 aliphatic heterocycles. The summed E-state index contributed by atoms with van der Waals surface area (Å²) in [5.41, 5.74) is 1.38. The molecule has 2 aliphatic rings.